The van der Waals surface area contributed by atoms with E-state index in [0.717, 1.165) is 13.1 Å². The molecule has 0 aliphatic heterocycles. The lowest BCUT2D eigenvalue weighted by Crippen LogP contribution is -2.39. The van der Waals surface area contributed by atoms with Crippen molar-refractivity contribution < 1.29 is 14.7 Å². The highest BCUT2D eigenvalue weighted by atomic mass is 16.4. The molecule has 0 rings (SSSR count). The van der Waals surface area contributed by atoms with Gasteiger partial charge in [-0.3, -0.25) is 9.59 Å². The Morgan fingerprint density at radius 3 is 2.17 bits per heavy atom. The minimum absolute atomic E-state index is 0.0607. The van der Waals surface area contributed by atoms with Gasteiger partial charge in [-0.2, -0.15) is 0 Å². The second-order valence-electron chi connectivity index (χ2n) is 4.72. The summed E-state index contributed by atoms with van der Waals surface area (Å²) in [5.74, 6) is -1.06. The lowest BCUT2D eigenvalue weighted by atomic mass is 9.79. The SMILES string of the molecule is CCN(C)CCNC(=O)CC(CC)(CC)C(=O)O. The number of carboxylic acid groups (broad SMARTS) is 1. The van der Waals surface area contributed by atoms with E-state index in [2.05, 4.69) is 10.2 Å². The van der Waals surface area contributed by atoms with Gasteiger partial charge < -0.3 is 15.3 Å². The number of carbonyl (C=O) groups excluding carboxylic acids is 1. The molecule has 0 aliphatic carbocycles. The Kier molecular flexibility index (Phi) is 7.59. The van der Waals surface area contributed by atoms with Crippen LogP contribution in [0.3, 0.4) is 0 Å². The van der Waals surface area contributed by atoms with Crippen LogP contribution in [0, 0.1) is 5.41 Å². The van der Waals surface area contributed by atoms with Gasteiger partial charge in [-0.1, -0.05) is 20.8 Å². The number of likely N-dealkylation sites (N-methyl/N-ethyl adjacent to an activating group) is 1. The average Bonchev–Trinajstić information content (AvgIpc) is 2.35. The normalized spacial score (nSPS) is 11.6. The molecule has 0 aromatic rings. The minimum atomic E-state index is -0.916. The van der Waals surface area contributed by atoms with Gasteiger partial charge in [0, 0.05) is 19.5 Å². The van der Waals surface area contributed by atoms with Gasteiger partial charge >= 0.3 is 5.97 Å². The van der Waals surface area contributed by atoms with Gasteiger partial charge in [0.1, 0.15) is 0 Å². The molecule has 0 saturated carbocycles. The van der Waals surface area contributed by atoms with Crippen molar-refractivity contribution in [1.29, 1.82) is 0 Å². The van der Waals surface area contributed by atoms with Gasteiger partial charge in [0.05, 0.1) is 5.41 Å². The fraction of sp³-hybridized carbons (Fsp3) is 0.846. The van der Waals surface area contributed by atoms with E-state index in [-0.39, 0.29) is 12.3 Å². The van der Waals surface area contributed by atoms with Crippen LogP contribution in [-0.2, 0) is 9.59 Å². The standard InChI is InChI=1S/C13H26N2O3/c1-5-13(6-2,12(17)18)10-11(16)14-8-9-15(4)7-3/h5-10H2,1-4H3,(H,14,16)(H,17,18). The van der Waals surface area contributed by atoms with Gasteiger partial charge in [-0.15, -0.1) is 0 Å². The first-order valence-electron chi connectivity index (χ1n) is 6.60. The predicted molar refractivity (Wildman–Crippen MR) is 71.4 cm³/mol. The van der Waals surface area contributed by atoms with E-state index in [4.69, 9.17) is 0 Å². The number of aliphatic carboxylic acids is 1. The Hall–Kier alpha value is -1.10. The highest BCUT2D eigenvalue weighted by molar-refractivity contribution is 5.84. The van der Waals surface area contributed by atoms with Crippen LogP contribution in [0.25, 0.3) is 0 Å². The van der Waals surface area contributed by atoms with E-state index in [1.54, 1.807) is 0 Å². The molecular weight excluding hydrogens is 232 g/mol. The van der Waals surface area contributed by atoms with Gasteiger partial charge in [-0.25, -0.2) is 0 Å². The van der Waals surface area contributed by atoms with Crippen LogP contribution in [-0.4, -0.2) is 48.6 Å². The van der Waals surface area contributed by atoms with Crippen LogP contribution >= 0.6 is 0 Å². The van der Waals surface area contributed by atoms with Crippen molar-refractivity contribution >= 4 is 11.9 Å². The van der Waals surface area contributed by atoms with Crippen molar-refractivity contribution in [3.63, 3.8) is 0 Å². The molecule has 18 heavy (non-hydrogen) atoms. The fourth-order valence-electron chi connectivity index (χ4n) is 1.79. The van der Waals surface area contributed by atoms with Crippen LogP contribution in [0.2, 0.25) is 0 Å². The van der Waals surface area contributed by atoms with Crippen LogP contribution in [0.4, 0.5) is 0 Å². The first-order valence-corrected chi connectivity index (χ1v) is 6.60. The Labute approximate surface area is 110 Å². The number of hydrogen-bond acceptors (Lipinski definition) is 3. The summed E-state index contributed by atoms with van der Waals surface area (Å²) in [5.41, 5.74) is -0.916. The Morgan fingerprint density at radius 1 is 1.22 bits per heavy atom. The van der Waals surface area contributed by atoms with Crippen molar-refractivity contribution in [2.75, 3.05) is 26.7 Å². The van der Waals surface area contributed by atoms with Gasteiger partial charge in [0.25, 0.3) is 0 Å². The first-order chi connectivity index (χ1) is 8.41. The average molecular weight is 258 g/mol. The number of nitrogens with one attached hydrogen (secondary N) is 1. The van der Waals surface area contributed by atoms with Crippen LogP contribution < -0.4 is 5.32 Å². The summed E-state index contributed by atoms with van der Waals surface area (Å²) in [5, 5.41) is 12.0. The van der Waals surface area contributed by atoms with E-state index in [1.165, 1.54) is 0 Å². The van der Waals surface area contributed by atoms with Crippen molar-refractivity contribution in [2.45, 2.75) is 40.0 Å². The summed E-state index contributed by atoms with van der Waals surface area (Å²) in [4.78, 5) is 25.1. The van der Waals surface area contributed by atoms with Gasteiger partial charge in [0.15, 0.2) is 0 Å². The molecule has 0 saturated heterocycles. The van der Waals surface area contributed by atoms with Crippen molar-refractivity contribution in [2.24, 2.45) is 5.41 Å². The summed E-state index contributed by atoms with van der Waals surface area (Å²) in [6.45, 7) is 7.95. The third kappa shape index (κ3) is 5.04. The van der Waals surface area contributed by atoms with E-state index in [0.29, 0.717) is 19.4 Å². The predicted octanol–water partition coefficient (Wildman–Crippen LogP) is 1.34. The molecule has 106 valence electrons. The first kappa shape index (κ1) is 16.9. The van der Waals surface area contributed by atoms with E-state index in [9.17, 15) is 14.7 Å². The molecule has 5 nitrogen and oxygen atoms in total. The number of amides is 1. The summed E-state index contributed by atoms with van der Waals surface area (Å²) in [7, 11) is 1.98. The molecule has 0 aliphatic rings. The maximum atomic E-state index is 11.8. The number of rotatable bonds is 9. The zero-order valence-electron chi connectivity index (χ0n) is 12.0. The van der Waals surface area contributed by atoms with Crippen LogP contribution in [0.1, 0.15) is 40.0 Å². The largest absolute Gasteiger partial charge is 0.481 e. The molecule has 0 bridgehead atoms. The van der Waals surface area contributed by atoms with Gasteiger partial charge in [0.2, 0.25) is 5.91 Å². The van der Waals surface area contributed by atoms with E-state index < -0.39 is 11.4 Å². The summed E-state index contributed by atoms with van der Waals surface area (Å²) in [6, 6.07) is 0. The molecule has 1 amide bonds. The second-order valence-corrected chi connectivity index (χ2v) is 4.72. The molecule has 2 N–H and O–H groups in total. The minimum Gasteiger partial charge on any atom is -0.481 e. The second kappa shape index (κ2) is 8.08. The maximum absolute atomic E-state index is 11.8. The monoisotopic (exact) mass is 258 g/mol. The Bertz CT molecular complexity index is 275. The highest BCUT2D eigenvalue weighted by Crippen LogP contribution is 2.30. The third-order valence-electron chi connectivity index (χ3n) is 3.66. The van der Waals surface area contributed by atoms with Crippen molar-refractivity contribution in [3.8, 4) is 0 Å². The molecular formula is C13H26N2O3. The number of nitrogens with zero attached hydrogens (tertiary/aromatic N) is 1. The maximum Gasteiger partial charge on any atom is 0.310 e. The number of hydrogen-bond donors (Lipinski definition) is 2. The zero-order valence-corrected chi connectivity index (χ0v) is 12.0. The molecule has 0 heterocycles. The summed E-state index contributed by atoms with van der Waals surface area (Å²) < 4.78 is 0. The lowest BCUT2D eigenvalue weighted by Gasteiger charge is -2.26. The topological polar surface area (TPSA) is 69.6 Å². The Morgan fingerprint density at radius 2 is 1.78 bits per heavy atom. The smallest absolute Gasteiger partial charge is 0.310 e. The van der Waals surface area contributed by atoms with Crippen molar-refractivity contribution in [3.05, 3.63) is 0 Å². The molecule has 0 radical (unpaired) electrons. The summed E-state index contributed by atoms with van der Waals surface area (Å²) in [6.07, 6.45) is 1.01. The lowest BCUT2D eigenvalue weighted by molar-refractivity contribution is -0.152. The van der Waals surface area contributed by atoms with Crippen LogP contribution in [0.15, 0.2) is 0 Å². The molecule has 0 spiro atoms. The van der Waals surface area contributed by atoms with E-state index >= 15 is 0 Å². The molecule has 0 unspecified atom stereocenters. The summed E-state index contributed by atoms with van der Waals surface area (Å²) >= 11 is 0. The quantitative estimate of drug-likeness (QED) is 0.654. The fourth-order valence-corrected chi connectivity index (χ4v) is 1.79. The number of carbonyl (C=O) groups is 2. The third-order valence-corrected chi connectivity index (χ3v) is 3.66. The van der Waals surface area contributed by atoms with E-state index in [1.807, 2.05) is 27.8 Å². The molecule has 0 atom stereocenters. The van der Waals surface area contributed by atoms with Crippen molar-refractivity contribution in [1.82, 2.24) is 10.2 Å². The zero-order chi connectivity index (χ0) is 14.2. The molecule has 0 fully saturated rings. The van der Waals surface area contributed by atoms with Crippen LogP contribution in [0.5, 0.6) is 0 Å². The molecule has 5 heteroatoms. The molecule has 0 aromatic carbocycles. The highest BCUT2D eigenvalue weighted by Gasteiger charge is 2.36. The Balaban J connectivity index is 4.24. The van der Waals surface area contributed by atoms with Gasteiger partial charge in [-0.05, 0) is 26.4 Å². The molecule has 0 aromatic heterocycles. The number of carboxylic acids is 1.